The van der Waals surface area contributed by atoms with Gasteiger partial charge in [-0.3, -0.25) is 4.90 Å². The van der Waals surface area contributed by atoms with Crippen LogP contribution in [0.3, 0.4) is 0 Å². The van der Waals surface area contributed by atoms with Crippen LogP contribution in [-0.4, -0.2) is 50.8 Å². The second-order valence-electron chi connectivity index (χ2n) is 5.11. The Morgan fingerprint density at radius 3 is 2.50 bits per heavy atom. The second-order valence-corrected chi connectivity index (χ2v) is 5.11. The van der Waals surface area contributed by atoms with Gasteiger partial charge in [0, 0.05) is 26.2 Å². The first-order chi connectivity index (χ1) is 8.70. The van der Waals surface area contributed by atoms with Gasteiger partial charge in [-0.2, -0.15) is 0 Å². The summed E-state index contributed by atoms with van der Waals surface area (Å²) in [6, 6.07) is 0.613. The summed E-state index contributed by atoms with van der Waals surface area (Å²) < 4.78 is 5.12. The fourth-order valence-electron chi connectivity index (χ4n) is 1.90. The number of hydrogen-bond donors (Lipinski definition) is 1. The van der Waals surface area contributed by atoms with Crippen LogP contribution in [0.5, 0.6) is 0 Å². The summed E-state index contributed by atoms with van der Waals surface area (Å²) in [5.41, 5.74) is 0. The van der Waals surface area contributed by atoms with Gasteiger partial charge in [-0.05, 0) is 25.9 Å². The zero-order chi connectivity index (χ0) is 13.6. The molecule has 0 bridgehead atoms. The Morgan fingerprint density at radius 2 is 1.89 bits per heavy atom. The van der Waals surface area contributed by atoms with Gasteiger partial charge in [0.1, 0.15) is 0 Å². The lowest BCUT2D eigenvalue weighted by Gasteiger charge is -2.19. The average molecular weight is 256 g/mol. The third-order valence-electron chi connectivity index (χ3n) is 2.95. The van der Waals surface area contributed by atoms with Crippen molar-refractivity contribution in [1.82, 2.24) is 10.2 Å². The molecule has 3 heteroatoms. The molecule has 3 nitrogen and oxygen atoms in total. The first kappa shape index (κ1) is 17.6. The average Bonchev–Trinajstić information content (AvgIpc) is 2.34. The highest BCUT2D eigenvalue weighted by Gasteiger charge is 2.01. The summed E-state index contributed by atoms with van der Waals surface area (Å²) in [5.74, 6) is 0. The molecule has 0 spiro atoms. The molecule has 0 radical (unpaired) electrons. The molecule has 0 saturated heterocycles. The van der Waals surface area contributed by atoms with Gasteiger partial charge in [-0.25, -0.2) is 0 Å². The molecule has 0 aromatic heterocycles. The molecule has 0 amide bonds. The summed E-state index contributed by atoms with van der Waals surface area (Å²) in [6.07, 6.45) is 7.19. The molecular weight excluding hydrogens is 224 g/mol. The van der Waals surface area contributed by atoms with E-state index in [1.165, 1.54) is 25.7 Å². The van der Waals surface area contributed by atoms with Crippen LogP contribution in [0.2, 0.25) is 0 Å². The van der Waals surface area contributed by atoms with Crippen molar-refractivity contribution >= 4 is 0 Å². The summed E-state index contributed by atoms with van der Waals surface area (Å²) >= 11 is 0. The first-order valence-corrected chi connectivity index (χ1v) is 7.26. The van der Waals surface area contributed by atoms with Gasteiger partial charge < -0.3 is 10.1 Å². The van der Waals surface area contributed by atoms with E-state index in [1.807, 2.05) is 6.08 Å². The van der Waals surface area contributed by atoms with Crippen LogP contribution in [-0.2, 0) is 4.74 Å². The highest BCUT2D eigenvalue weighted by atomic mass is 16.5. The van der Waals surface area contributed by atoms with E-state index in [9.17, 15) is 0 Å². The van der Waals surface area contributed by atoms with Crippen LogP contribution in [0.1, 0.15) is 39.5 Å². The van der Waals surface area contributed by atoms with E-state index in [-0.39, 0.29) is 0 Å². The molecule has 0 fully saturated rings. The molecule has 0 aromatic rings. The highest BCUT2D eigenvalue weighted by molar-refractivity contribution is 4.73. The molecule has 0 saturated carbocycles. The van der Waals surface area contributed by atoms with Gasteiger partial charge in [0.05, 0.1) is 6.61 Å². The van der Waals surface area contributed by atoms with Crippen molar-refractivity contribution in [3.05, 3.63) is 12.7 Å². The number of unbranched alkanes of at least 4 members (excludes halogenated alkanes) is 3. The second kappa shape index (κ2) is 13.1. The predicted molar refractivity (Wildman–Crippen MR) is 80.1 cm³/mol. The molecule has 0 aliphatic rings. The molecule has 0 aliphatic heterocycles. The van der Waals surface area contributed by atoms with Crippen LogP contribution in [0.25, 0.3) is 0 Å². The van der Waals surface area contributed by atoms with E-state index in [0.29, 0.717) is 6.04 Å². The lowest BCUT2D eigenvalue weighted by Crippen LogP contribution is -2.28. The maximum absolute atomic E-state index is 5.12. The van der Waals surface area contributed by atoms with Gasteiger partial charge in [-0.1, -0.05) is 32.8 Å². The van der Waals surface area contributed by atoms with E-state index >= 15 is 0 Å². The molecule has 108 valence electrons. The fourth-order valence-corrected chi connectivity index (χ4v) is 1.90. The van der Waals surface area contributed by atoms with Crippen molar-refractivity contribution in [1.29, 1.82) is 0 Å². The van der Waals surface area contributed by atoms with E-state index in [4.69, 9.17) is 4.74 Å². The number of rotatable bonds is 13. The monoisotopic (exact) mass is 256 g/mol. The van der Waals surface area contributed by atoms with E-state index in [2.05, 4.69) is 30.6 Å². The van der Waals surface area contributed by atoms with Crippen molar-refractivity contribution in [3.8, 4) is 0 Å². The quantitative estimate of drug-likeness (QED) is 0.405. The van der Waals surface area contributed by atoms with Gasteiger partial charge in [-0.15, -0.1) is 6.58 Å². The van der Waals surface area contributed by atoms with Crippen LogP contribution >= 0.6 is 0 Å². The zero-order valence-corrected chi connectivity index (χ0v) is 12.6. The minimum atomic E-state index is 0.613. The van der Waals surface area contributed by atoms with Gasteiger partial charge in [0.2, 0.25) is 0 Å². The van der Waals surface area contributed by atoms with Gasteiger partial charge in [0.25, 0.3) is 0 Å². The summed E-state index contributed by atoms with van der Waals surface area (Å²) in [6.45, 7) is 13.3. The molecular formula is C15H32N2O. The largest absolute Gasteiger partial charge is 0.383 e. The van der Waals surface area contributed by atoms with Crippen molar-refractivity contribution < 1.29 is 4.74 Å². The van der Waals surface area contributed by atoms with Crippen LogP contribution in [0.15, 0.2) is 12.7 Å². The zero-order valence-electron chi connectivity index (χ0n) is 12.6. The topological polar surface area (TPSA) is 24.5 Å². The molecule has 0 rings (SSSR count). The predicted octanol–water partition coefficient (Wildman–Crippen LogP) is 2.68. The summed E-state index contributed by atoms with van der Waals surface area (Å²) in [4.78, 5) is 2.41. The number of nitrogens with zero attached hydrogens (tertiary/aromatic N) is 1. The van der Waals surface area contributed by atoms with E-state index < -0.39 is 0 Å². The maximum Gasteiger partial charge on any atom is 0.0589 e. The lowest BCUT2D eigenvalue weighted by atomic mass is 10.2. The Labute approximate surface area is 114 Å². The highest BCUT2D eigenvalue weighted by Crippen LogP contribution is 2.02. The van der Waals surface area contributed by atoms with E-state index in [1.54, 1.807) is 7.11 Å². The van der Waals surface area contributed by atoms with Crippen LogP contribution in [0.4, 0.5) is 0 Å². The van der Waals surface area contributed by atoms with Gasteiger partial charge in [0.15, 0.2) is 0 Å². The fraction of sp³-hybridized carbons (Fsp3) is 0.867. The van der Waals surface area contributed by atoms with E-state index in [0.717, 1.165) is 32.8 Å². The smallest absolute Gasteiger partial charge is 0.0589 e. The number of nitrogens with one attached hydrogen (secondary N) is 1. The van der Waals surface area contributed by atoms with Crippen LogP contribution in [0, 0.1) is 0 Å². The first-order valence-electron chi connectivity index (χ1n) is 7.26. The SMILES string of the molecule is C=CCN(CCCCCCNC(C)C)CCOC. The molecule has 0 atom stereocenters. The van der Waals surface area contributed by atoms with Crippen molar-refractivity contribution in [3.63, 3.8) is 0 Å². The molecule has 1 N–H and O–H groups in total. The number of methoxy groups -OCH3 is 1. The molecule has 0 unspecified atom stereocenters. The Hall–Kier alpha value is -0.380. The third kappa shape index (κ3) is 12.1. The standard InChI is InChI=1S/C15H32N2O/c1-5-11-17(13-14-18-4)12-9-7-6-8-10-16-15(2)3/h5,15-16H,1,6-14H2,2-4H3. The Kier molecular flexibility index (Phi) is 12.8. The normalized spacial score (nSPS) is 11.4. The molecule has 0 aromatic carbocycles. The number of ether oxygens (including phenoxy) is 1. The number of hydrogen-bond acceptors (Lipinski definition) is 3. The molecule has 0 aliphatic carbocycles. The molecule has 18 heavy (non-hydrogen) atoms. The lowest BCUT2D eigenvalue weighted by molar-refractivity contribution is 0.153. The maximum atomic E-state index is 5.12. The summed E-state index contributed by atoms with van der Waals surface area (Å²) in [7, 11) is 1.76. The summed E-state index contributed by atoms with van der Waals surface area (Å²) in [5, 5.41) is 3.45. The Balaban J connectivity index is 3.39. The Bertz CT molecular complexity index is 183. The molecule has 0 heterocycles. The van der Waals surface area contributed by atoms with Crippen LogP contribution < -0.4 is 5.32 Å². The van der Waals surface area contributed by atoms with Crippen molar-refractivity contribution in [2.24, 2.45) is 0 Å². The van der Waals surface area contributed by atoms with Crippen molar-refractivity contribution in [2.45, 2.75) is 45.6 Å². The third-order valence-corrected chi connectivity index (χ3v) is 2.95. The Morgan fingerprint density at radius 1 is 1.17 bits per heavy atom. The minimum absolute atomic E-state index is 0.613. The van der Waals surface area contributed by atoms with Crippen molar-refractivity contribution in [2.75, 3.05) is 39.9 Å². The van der Waals surface area contributed by atoms with Gasteiger partial charge >= 0.3 is 0 Å². The minimum Gasteiger partial charge on any atom is -0.383 e.